The summed E-state index contributed by atoms with van der Waals surface area (Å²) >= 11 is 0. The Hall–Kier alpha value is -0.730. The Bertz CT molecular complexity index is 243. The number of alkyl carbamates (subject to hydrolysis) is 1. The molecule has 3 heteroatoms. The molecule has 1 unspecified atom stereocenters. The summed E-state index contributed by atoms with van der Waals surface area (Å²) in [6, 6.07) is 0. The quantitative estimate of drug-likeness (QED) is 0.485. The zero-order chi connectivity index (χ0) is 15.3. The minimum absolute atomic E-state index is 0.104. The molecule has 0 saturated carbocycles. The van der Waals surface area contributed by atoms with E-state index in [0.717, 1.165) is 32.1 Å². The molecule has 1 amide bonds. The molecule has 120 valence electrons. The third-order valence-corrected chi connectivity index (χ3v) is 3.76. The number of unbranched alkanes of at least 4 members (excludes halogenated alkanes) is 5. The van der Waals surface area contributed by atoms with Crippen molar-refractivity contribution in [2.45, 2.75) is 97.4 Å². The molecule has 0 aromatic carbocycles. The van der Waals surface area contributed by atoms with Crippen molar-refractivity contribution in [3.05, 3.63) is 0 Å². The third-order valence-electron chi connectivity index (χ3n) is 3.76. The maximum atomic E-state index is 11.8. The number of hydrogen-bond acceptors (Lipinski definition) is 2. The van der Waals surface area contributed by atoms with Crippen molar-refractivity contribution in [3.8, 4) is 0 Å². The Balaban J connectivity index is 4.16. The number of carbonyl (C=O) groups excluding carboxylic acids is 1. The SMILES string of the molecule is CCCCCCCC(C)(CCCC)NC(=O)OCCC. The summed E-state index contributed by atoms with van der Waals surface area (Å²) in [5.41, 5.74) is -0.104. The van der Waals surface area contributed by atoms with Crippen molar-refractivity contribution in [1.82, 2.24) is 5.32 Å². The van der Waals surface area contributed by atoms with E-state index in [2.05, 4.69) is 26.1 Å². The number of rotatable bonds is 12. The fraction of sp³-hybridized carbons (Fsp3) is 0.941. The van der Waals surface area contributed by atoms with E-state index >= 15 is 0 Å². The van der Waals surface area contributed by atoms with Crippen molar-refractivity contribution >= 4 is 6.09 Å². The summed E-state index contributed by atoms with van der Waals surface area (Å²) < 4.78 is 5.16. The molecule has 0 saturated heterocycles. The second kappa shape index (κ2) is 12.0. The number of carbonyl (C=O) groups is 1. The fourth-order valence-corrected chi connectivity index (χ4v) is 2.41. The lowest BCUT2D eigenvalue weighted by atomic mass is 9.88. The van der Waals surface area contributed by atoms with Gasteiger partial charge in [0.1, 0.15) is 0 Å². The van der Waals surface area contributed by atoms with Crippen LogP contribution in [0, 0.1) is 0 Å². The van der Waals surface area contributed by atoms with Gasteiger partial charge in [-0.2, -0.15) is 0 Å². The first-order valence-electron chi connectivity index (χ1n) is 8.53. The Morgan fingerprint density at radius 1 is 0.900 bits per heavy atom. The van der Waals surface area contributed by atoms with Crippen molar-refractivity contribution in [2.24, 2.45) is 0 Å². The van der Waals surface area contributed by atoms with Gasteiger partial charge in [0.05, 0.1) is 6.61 Å². The van der Waals surface area contributed by atoms with E-state index in [1.807, 2.05) is 6.92 Å². The molecule has 0 rings (SSSR count). The van der Waals surface area contributed by atoms with Crippen molar-refractivity contribution in [3.63, 3.8) is 0 Å². The zero-order valence-corrected chi connectivity index (χ0v) is 14.1. The molecule has 20 heavy (non-hydrogen) atoms. The monoisotopic (exact) mass is 285 g/mol. The smallest absolute Gasteiger partial charge is 0.407 e. The van der Waals surface area contributed by atoms with Crippen LogP contribution in [0.2, 0.25) is 0 Å². The lowest BCUT2D eigenvalue weighted by Crippen LogP contribution is -2.46. The Kier molecular flexibility index (Phi) is 11.6. The second-order valence-electron chi connectivity index (χ2n) is 6.09. The van der Waals surface area contributed by atoms with Gasteiger partial charge in [-0.05, 0) is 26.2 Å². The summed E-state index contributed by atoms with van der Waals surface area (Å²) in [5, 5.41) is 3.09. The number of amides is 1. The Labute approximate surface area is 125 Å². The zero-order valence-electron chi connectivity index (χ0n) is 14.1. The summed E-state index contributed by atoms with van der Waals surface area (Å²) in [6.45, 7) is 9.10. The Morgan fingerprint density at radius 2 is 1.50 bits per heavy atom. The van der Waals surface area contributed by atoms with Crippen molar-refractivity contribution in [2.75, 3.05) is 6.61 Å². The third kappa shape index (κ3) is 10.1. The van der Waals surface area contributed by atoms with Crippen LogP contribution in [-0.2, 0) is 4.74 Å². The van der Waals surface area contributed by atoms with E-state index in [-0.39, 0.29) is 11.6 Å². The molecule has 0 aromatic rings. The first kappa shape index (κ1) is 19.3. The Morgan fingerprint density at radius 3 is 2.10 bits per heavy atom. The summed E-state index contributed by atoms with van der Waals surface area (Å²) in [7, 11) is 0. The average molecular weight is 285 g/mol. The van der Waals surface area contributed by atoms with Gasteiger partial charge < -0.3 is 10.1 Å². The highest BCUT2D eigenvalue weighted by Gasteiger charge is 2.25. The number of ether oxygens (including phenoxy) is 1. The van der Waals surface area contributed by atoms with Gasteiger partial charge in [-0.3, -0.25) is 0 Å². The lowest BCUT2D eigenvalue weighted by Gasteiger charge is -2.30. The standard InChI is InChI=1S/C17H35NO2/c1-5-8-10-11-12-14-17(4,13-9-6-2)18-16(19)20-15-7-3/h5-15H2,1-4H3,(H,18,19). The minimum atomic E-state index is -0.251. The van der Waals surface area contributed by atoms with Crippen LogP contribution < -0.4 is 5.32 Å². The van der Waals surface area contributed by atoms with Crippen LogP contribution in [0.25, 0.3) is 0 Å². The topological polar surface area (TPSA) is 38.3 Å². The van der Waals surface area contributed by atoms with E-state index in [1.165, 1.54) is 32.1 Å². The summed E-state index contributed by atoms with van der Waals surface area (Å²) in [5.74, 6) is 0. The molecule has 0 fully saturated rings. The van der Waals surface area contributed by atoms with E-state index < -0.39 is 0 Å². The minimum Gasteiger partial charge on any atom is -0.450 e. The molecule has 0 aliphatic rings. The number of hydrogen-bond donors (Lipinski definition) is 1. The normalized spacial score (nSPS) is 13.8. The van der Waals surface area contributed by atoms with E-state index in [1.54, 1.807) is 0 Å². The highest BCUT2D eigenvalue weighted by Crippen LogP contribution is 2.22. The van der Waals surface area contributed by atoms with Crippen LogP contribution in [0.5, 0.6) is 0 Å². The van der Waals surface area contributed by atoms with Crippen molar-refractivity contribution < 1.29 is 9.53 Å². The fourth-order valence-electron chi connectivity index (χ4n) is 2.41. The van der Waals surface area contributed by atoms with Crippen LogP contribution in [0.15, 0.2) is 0 Å². The van der Waals surface area contributed by atoms with Gasteiger partial charge in [-0.25, -0.2) is 4.79 Å². The molecule has 0 spiro atoms. The van der Waals surface area contributed by atoms with Crippen LogP contribution >= 0.6 is 0 Å². The van der Waals surface area contributed by atoms with Gasteiger partial charge in [0.2, 0.25) is 0 Å². The summed E-state index contributed by atoms with van der Waals surface area (Å²) in [4.78, 5) is 11.8. The maximum Gasteiger partial charge on any atom is 0.407 e. The largest absolute Gasteiger partial charge is 0.450 e. The average Bonchev–Trinajstić information content (AvgIpc) is 2.43. The van der Waals surface area contributed by atoms with Crippen molar-refractivity contribution in [1.29, 1.82) is 0 Å². The van der Waals surface area contributed by atoms with Crippen LogP contribution in [0.3, 0.4) is 0 Å². The van der Waals surface area contributed by atoms with Crippen LogP contribution in [0.1, 0.15) is 91.9 Å². The van der Waals surface area contributed by atoms with Gasteiger partial charge in [0, 0.05) is 5.54 Å². The molecule has 0 aliphatic heterocycles. The van der Waals surface area contributed by atoms with E-state index in [4.69, 9.17) is 4.74 Å². The summed E-state index contributed by atoms with van der Waals surface area (Å²) in [6.07, 6.45) is 11.4. The van der Waals surface area contributed by atoms with Gasteiger partial charge in [-0.1, -0.05) is 65.7 Å². The molecule has 0 bridgehead atoms. The molecule has 0 radical (unpaired) electrons. The maximum absolute atomic E-state index is 11.8. The predicted molar refractivity (Wildman–Crippen MR) is 86.1 cm³/mol. The molecule has 0 aliphatic carbocycles. The van der Waals surface area contributed by atoms with E-state index in [9.17, 15) is 4.79 Å². The molecule has 0 heterocycles. The highest BCUT2D eigenvalue weighted by molar-refractivity contribution is 5.68. The molecule has 1 N–H and O–H groups in total. The molecular formula is C17H35NO2. The van der Waals surface area contributed by atoms with Gasteiger partial charge in [0.25, 0.3) is 0 Å². The second-order valence-corrected chi connectivity index (χ2v) is 6.09. The molecule has 0 aromatic heterocycles. The van der Waals surface area contributed by atoms with E-state index in [0.29, 0.717) is 6.61 Å². The molecule has 1 atom stereocenters. The van der Waals surface area contributed by atoms with Gasteiger partial charge >= 0.3 is 6.09 Å². The first-order valence-corrected chi connectivity index (χ1v) is 8.53. The predicted octanol–water partition coefficient (Wildman–Crippen LogP) is 5.43. The highest BCUT2D eigenvalue weighted by atomic mass is 16.5. The molecule has 3 nitrogen and oxygen atoms in total. The van der Waals surface area contributed by atoms with Gasteiger partial charge in [-0.15, -0.1) is 0 Å². The number of nitrogens with one attached hydrogen (secondary N) is 1. The van der Waals surface area contributed by atoms with Gasteiger partial charge in [0.15, 0.2) is 0 Å². The van der Waals surface area contributed by atoms with Crippen LogP contribution in [0.4, 0.5) is 4.79 Å². The van der Waals surface area contributed by atoms with Crippen LogP contribution in [-0.4, -0.2) is 18.2 Å². The lowest BCUT2D eigenvalue weighted by molar-refractivity contribution is 0.130. The molecular weight excluding hydrogens is 250 g/mol. The first-order chi connectivity index (χ1) is 9.58.